The smallest absolute Gasteiger partial charge is 0.314 e. The van der Waals surface area contributed by atoms with E-state index in [1.54, 1.807) is 6.07 Å². The highest BCUT2D eigenvalue weighted by Gasteiger charge is 2.33. The third kappa shape index (κ3) is 6.37. The predicted molar refractivity (Wildman–Crippen MR) is 154 cm³/mol. The lowest BCUT2D eigenvalue weighted by atomic mass is 9.81. The van der Waals surface area contributed by atoms with E-state index in [2.05, 4.69) is 36.4 Å². The molecule has 0 spiro atoms. The summed E-state index contributed by atoms with van der Waals surface area (Å²) in [6, 6.07) is 32.8. The minimum absolute atomic E-state index is 0.109. The summed E-state index contributed by atoms with van der Waals surface area (Å²) >= 11 is 6.50. The zero-order valence-electron chi connectivity index (χ0n) is 21.5. The Morgan fingerprint density at radius 2 is 1.51 bits per heavy atom. The molecule has 6 heteroatoms. The van der Waals surface area contributed by atoms with Crippen molar-refractivity contribution in [3.63, 3.8) is 0 Å². The first-order valence-corrected chi connectivity index (χ1v) is 13.7. The quantitative estimate of drug-likeness (QED) is 0.128. The van der Waals surface area contributed by atoms with Gasteiger partial charge in [-0.1, -0.05) is 103 Å². The van der Waals surface area contributed by atoms with E-state index >= 15 is 0 Å². The molecule has 4 aromatic carbocycles. The van der Waals surface area contributed by atoms with Crippen molar-refractivity contribution in [2.45, 2.75) is 50.0 Å². The number of esters is 1. The van der Waals surface area contributed by atoms with Crippen LogP contribution in [0.1, 0.15) is 54.2 Å². The van der Waals surface area contributed by atoms with Crippen LogP contribution in [0.4, 0.5) is 5.69 Å². The molecule has 5 nitrogen and oxygen atoms in total. The molecule has 0 aromatic heterocycles. The highest BCUT2D eigenvalue weighted by Crippen LogP contribution is 2.38. The number of benzene rings is 4. The zero-order chi connectivity index (χ0) is 27.2. The second-order valence-electron chi connectivity index (χ2n) is 10.1. The lowest BCUT2D eigenvalue weighted by molar-refractivity contribution is -0.384. The summed E-state index contributed by atoms with van der Waals surface area (Å²) in [5, 5.41) is 11.4. The van der Waals surface area contributed by atoms with Gasteiger partial charge in [0.15, 0.2) is 0 Å². The van der Waals surface area contributed by atoms with Gasteiger partial charge in [-0.2, -0.15) is 0 Å². The van der Waals surface area contributed by atoms with Crippen LogP contribution in [-0.4, -0.2) is 17.0 Å². The van der Waals surface area contributed by atoms with Crippen LogP contribution in [0.3, 0.4) is 0 Å². The van der Waals surface area contributed by atoms with Gasteiger partial charge in [0, 0.05) is 18.1 Å². The third-order valence-electron chi connectivity index (χ3n) is 7.55. The molecule has 0 saturated heterocycles. The molecule has 5 rings (SSSR count). The first-order valence-electron chi connectivity index (χ1n) is 13.3. The van der Waals surface area contributed by atoms with E-state index in [4.69, 9.17) is 16.3 Å². The van der Waals surface area contributed by atoms with Gasteiger partial charge in [0.25, 0.3) is 5.69 Å². The monoisotopic (exact) mass is 539 g/mol. The van der Waals surface area contributed by atoms with E-state index in [0.29, 0.717) is 12.0 Å². The number of rotatable bonds is 8. The fraction of sp³-hybridized carbons (Fsp3) is 0.242. The number of carbonyl (C=O) groups excluding carboxylic acids is 1. The average Bonchev–Trinajstić information content (AvgIpc) is 2.97. The molecule has 1 fully saturated rings. The molecule has 0 N–H and O–H groups in total. The Bertz CT molecular complexity index is 1420. The summed E-state index contributed by atoms with van der Waals surface area (Å²) in [6.07, 6.45) is 3.97. The molecule has 0 radical (unpaired) electrons. The van der Waals surface area contributed by atoms with Crippen molar-refractivity contribution >= 4 is 23.3 Å². The summed E-state index contributed by atoms with van der Waals surface area (Å²) < 4.78 is 6.26. The van der Waals surface area contributed by atoms with E-state index in [0.717, 1.165) is 36.8 Å². The molecule has 0 bridgehead atoms. The van der Waals surface area contributed by atoms with E-state index in [1.807, 2.05) is 48.5 Å². The van der Waals surface area contributed by atoms with Crippen LogP contribution in [0.25, 0.3) is 11.1 Å². The van der Waals surface area contributed by atoms with Gasteiger partial charge < -0.3 is 4.74 Å². The van der Waals surface area contributed by atoms with Gasteiger partial charge in [-0.25, -0.2) is 0 Å². The SMILES string of the molecule is O=C(O[C@@H]1CCCC[C@H]1c1ccc(-c2ccccc2)cc1)[C@H](Cc1ccccc1)c1ccc([N+](=O)[O-])cc1Cl. The summed E-state index contributed by atoms with van der Waals surface area (Å²) in [6.45, 7) is 0. The van der Waals surface area contributed by atoms with E-state index in [9.17, 15) is 14.9 Å². The maximum Gasteiger partial charge on any atom is 0.314 e. The van der Waals surface area contributed by atoms with Crippen molar-refractivity contribution in [1.29, 1.82) is 0 Å². The van der Waals surface area contributed by atoms with E-state index in [-0.39, 0.29) is 28.7 Å². The summed E-state index contributed by atoms with van der Waals surface area (Å²) in [7, 11) is 0. The van der Waals surface area contributed by atoms with Crippen LogP contribution < -0.4 is 0 Å². The lowest BCUT2D eigenvalue weighted by Crippen LogP contribution is -2.31. The Morgan fingerprint density at radius 1 is 0.872 bits per heavy atom. The van der Waals surface area contributed by atoms with Gasteiger partial charge in [-0.3, -0.25) is 14.9 Å². The number of nitro benzene ring substituents is 1. The molecule has 0 amide bonds. The van der Waals surface area contributed by atoms with Crippen molar-refractivity contribution in [2.24, 2.45) is 0 Å². The van der Waals surface area contributed by atoms with Crippen LogP contribution in [0.2, 0.25) is 5.02 Å². The first kappa shape index (κ1) is 26.6. The standard InChI is InChI=1S/C33H30ClNO4/c34-31-22-27(35(37)38)19-20-29(31)30(21-23-9-3-1-4-10-23)33(36)39-32-14-8-7-13-28(32)26-17-15-25(16-18-26)24-11-5-2-6-12-24/h1-6,9-12,15-20,22,28,30,32H,7-8,13-14,21H2/t28-,30+,32+/m0/s1. The Labute approximate surface area is 233 Å². The molecular formula is C33H30ClNO4. The molecule has 4 aromatic rings. The van der Waals surface area contributed by atoms with Gasteiger partial charge in [0.1, 0.15) is 6.10 Å². The molecule has 3 atom stereocenters. The minimum Gasteiger partial charge on any atom is -0.461 e. The number of hydrogen-bond acceptors (Lipinski definition) is 4. The number of non-ortho nitro benzene ring substituents is 1. The molecule has 0 unspecified atom stereocenters. The average molecular weight is 540 g/mol. The van der Waals surface area contributed by atoms with Gasteiger partial charge >= 0.3 is 5.97 Å². The fourth-order valence-electron chi connectivity index (χ4n) is 5.49. The van der Waals surface area contributed by atoms with Crippen LogP contribution in [-0.2, 0) is 16.0 Å². The first-order chi connectivity index (χ1) is 19.0. The number of nitrogens with zero attached hydrogens (tertiary/aromatic N) is 1. The van der Waals surface area contributed by atoms with Crippen LogP contribution in [0, 0.1) is 10.1 Å². The van der Waals surface area contributed by atoms with Gasteiger partial charge in [0.2, 0.25) is 0 Å². The Morgan fingerprint density at radius 3 is 2.18 bits per heavy atom. The zero-order valence-corrected chi connectivity index (χ0v) is 22.3. The number of hydrogen-bond donors (Lipinski definition) is 0. The highest BCUT2D eigenvalue weighted by atomic mass is 35.5. The van der Waals surface area contributed by atoms with Gasteiger partial charge in [-0.05, 0) is 59.6 Å². The maximum atomic E-state index is 13.8. The number of carbonyl (C=O) groups is 1. The Hall–Kier alpha value is -3.96. The van der Waals surface area contributed by atoms with Gasteiger partial charge in [-0.15, -0.1) is 0 Å². The lowest BCUT2D eigenvalue weighted by Gasteiger charge is -2.33. The molecule has 198 valence electrons. The molecule has 0 aliphatic heterocycles. The molecule has 1 saturated carbocycles. The van der Waals surface area contributed by atoms with Crippen LogP contribution >= 0.6 is 11.6 Å². The summed E-state index contributed by atoms with van der Waals surface area (Å²) in [5.74, 6) is -0.923. The van der Waals surface area contributed by atoms with Crippen molar-refractivity contribution < 1.29 is 14.5 Å². The third-order valence-corrected chi connectivity index (χ3v) is 7.88. The number of nitro groups is 1. The second kappa shape index (κ2) is 12.3. The van der Waals surface area contributed by atoms with Crippen LogP contribution in [0.15, 0.2) is 103 Å². The molecule has 1 aliphatic rings. The summed E-state index contributed by atoms with van der Waals surface area (Å²) in [4.78, 5) is 24.5. The van der Waals surface area contributed by atoms with Crippen molar-refractivity contribution in [2.75, 3.05) is 0 Å². The number of halogens is 1. The summed E-state index contributed by atoms with van der Waals surface area (Å²) in [5.41, 5.74) is 4.88. The fourth-order valence-corrected chi connectivity index (χ4v) is 5.79. The maximum absolute atomic E-state index is 13.8. The highest BCUT2D eigenvalue weighted by molar-refractivity contribution is 6.31. The normalized spacial score (nSPS) is 17.8. The molecule has 39 heavy (non-hydrogen) atoms. The molecular weight excluding hydrogens is 510 g/mol. The van der Waals surface area contributed by atoms with Crippen LogP contribution in [0.5, 0.6) is 0 Å². The van der Waals surface area contributed by atoms with Crippen molar-refractivity contribution in [3.05, 3.63) is 135 Å². The Balaban J connectivity index is 1.39. The molecule has 1 aliphatic carbocycles. The predicted octanol–water partition coefficient (Wildman–Crippen LogP) is 8.51. The second-order valence-corrected chi connectivity index (χ2v) is 10.5. The van der Waals surface area contributed by atoms with E-state index < -0.39 is 10.8 Å². The minimum atomic E-state index is -0.677. The number of ether oxygens (including phenoxy) is 1. The van der Waals surface area contributed by atoms with Crippen molar-refractivity contribution in [1.82, 2.24) is 0 Å². The molecule has 0 heterocycles. The Kier molecular flexibility index (Phi) is 8.38. The van der Waals surface area contributed by atoms with E-state index in [1.165, 1.54) is 23.3 Å². The van der Waals surface area contributed by atoms with Crippen molar-refractivity contribution in [3.8, 4) is 11.1 Å². The van der Waals surface area contributed by atoms with Gasteiger partial charge in [0.05, 0.1) is 15.9 Å². The largest absolute Gasteiger partial charge is 0.461 e. The topological polar surface area (TPSA) is 69.4 Å².